The first-order valence-corrected chi connectivity index (χ1v) is 11.0. The Bertz CT molecular complexity index is 1270. The predicted molar refractivity (Wildman–Crippen MR) is 129 cm³/mol. The number of aryl methyl sites for hydroxylation is 1. The van der Waals surface area contributed by atoms with Crippen molar-refractivity contribution in [3.8, 4) is 34.5 Å². The van der Waals surface area contributed by atoms with Gasteiger partial charge in [0.05, 0.1) is 5.82 Å². The van der Waals surface area contributed by atoms with E-state index in [1.807, 2.05) is 18.2 Å². The van der Waals surface area contributed by atoms with Gasteiger partial charge >= 0.3 is 0 Å². The molecule has 0 aliphatic carbocycles. The van der Waals surface area contributed by atoms with E-state index in [1.54, 1.807) is 12.1 Å². The van der Waals surface area contributed by atoms with Crippen LogP contribution in [-0.4, -0.2) is 14.8 Å². The molecule has 0 amide bonds. The van der Waals surface area contributed by atoms with Crippen molar-refractivity contribution in [1.29, 1.82) is 5.26 Å². The van der Waals surface area contributed by atoms with Crippen LogP contribution < -0.4 is 0 Å². The average molecular weight is 612 g/mol. The molecule has 1 heterocycles. The fourth-order valence-corrected chi connectivity index (χ4v) is 4.07. The van der Waals surface area contributed by atoms with Gasteiger partial charge in [-0.1, -0.05) is 70.2 Å². The summed E-state index contributed by atoms with van der Waals surface area (Å²) in [6.07, 6.45) is 0. The molecule has 1 radical (unpaired) electrons. The summed E-state index contributed by atoms with van der Waals surface area (Å²) in [5.74, 6) is 2.19. The van der Waals surface area contributed by atoms with Crippen molar-refractivity contribution >= 4 is 0 Å². The minimum absolute atomic E-state index is 0. The summed E-state index contributed by atoms with van der Waals surface area (Å²) < 4.78 is 2.19. The van der Waals surface area contributed by atoms with E-state index in [1.165, 1.54) is 11.1 Å². The molecule has 4 rings (SSSR count). The van der Waals surface area contributed by atoms with Gasteiger partial charge in [0.1, 0.15) is 0 Å². The molecule has 0 aliphatic rings. The van der Waals surface area contributed by atoms with Crippen molar-refractivity contribution in [2.75, 3.05) is 0 Å². The van der Waals surface area contributed by atoms with Crippen molar-refractivity contribution in [3.05, 3.63) is 89.0 Å². The van der Waals surface area contributed by atoms with Crippen LogP contribution in [0.15, 0.2) is 60.7 Å². The van der Waals surface area contributed by atoms with Crippen LogP contribution in [0.5, 0.6) is 0 Å². The second-order valence-corrected chi connectivity index (χ2v) is 8.69. The maximum atomic E-state index is 9.21. The normalized spacial score (nSPS) is 10.8. The Balaban J connectivity index is 0.00000306. The van der Waals surface area contributed by atoms with Gasteiger partial charge in [0.15, 0.2) is 5.82 Å². The quantitative estimate of drug-likeness (QED) is 0.233. The van der Waals surface area contributed by atoms with Crippen molar-refractivity contribution in [2.45, 2.75) is 46.5 Å². The number of benzene rings is 3. The molecule has 3 aromatic carbocycles. The van der Waals surface area contributed by atoms with Crippen molar-refractivity contribution in [1.82, 2.24) is 14.8 Å². The second kappa shape index (κ2) is 10.3. The van der Waals surface area contributed by atoms with Crippen LogP contribution in [0.4, 0.5) is 0 Å². The second-order valence-electron chi connectivity index (χ2n) is 8.69. The van der Waals surface area contributed by atoms with E-state index in [0.29, 0.717) is 17.4 Å². The Morgan fingerprint density at radius 1 is 0.848 bits per heavy atom. The molecule has 0 saturated heterocycles. The van der Waals surface area contributed by atoms with Gasteiger partial charge in [0.25, 0.3) is 0 Å². The van der Waals surface area contributed by atoms with Gasteiger partial charge in [0.2, 0.25) is 0 Å². The van der Waals surface area contributed by atoms with E-state index in [2.05, 4.69) is 91.9 Å². The minimum Gasteiger partial charge on any atom is -0.315 e. The van der Waals surface area contributed by atoms with Crippen LogP contribution in [0.2, 0.25) is 0 Å². The Morgan fingerprint density at radius 3 is 2.03 bits per heavy atom. The van der Waals surface area contributed by atoms with Crippen LogP contribution in [0.25, 0.3) is 28.5 Å². The molecule has 0 aliphatic heterocycles. The van der Waals surface area contributed by atoms with E-state index < -0.39 is 0 Å². The van der Waals surface area contributed by atoms with Gasteiger partial charge in [0, 0.05) is 37.4 Å². The molecule has 5 heteroatoms. The number of aromatic nitrogens is 3. The van der Waals surface area contributed by atoms with Crippen molar-refractivity contribution in [2.24, 2.45) is 0 Å². The van der Waals surface area contributed by atoms with Gasteiger partial charge in [-0.15, -0.1) is 34.9 Å². The summed E-state index contributed by atoms with van der Waals surface area (Å²) in [6, 6.07) is 25.6. The third kappa shape index (κ3) is 4.69. The average Bonchev–Trinajstić information content (AvgIpc) is 3.23. The topological polar surface area (TPSA) is 54.5 Å². The summed E-state index contributed by atoms with van der Waals surface area (Å²) >= 11 is 0. The van der Waals surface area contributed by atoms with Gasteiger partial charge in [-0.2, -0.15) is 5.10 Å². The molecule has 4 nitrogen and oxygen atoms in total. The smallest absolute Gasteiger partial charge is 0.159 e. The van der Waals surface area contributed by atoms with E-state index in [4.69, 9.17) is 0 Å². The molecular formula is C28H27IrN4-. The molecule has 169 valence electrons. The molecule has 4 aromatic rings. The minimum atomic E-state index is 0. The molecule has 0 unspecified atom stereocenters. The van der Waals surface area contributed by atoms with E-state index in [9.17, 15) is 5.26 Å². The number of rotatable bonds is 5. The maximum Gasteiger partial charge on any atom is 0.159 e. The third-order valence-electron chi connectivity index (χ3n) is 5.80. The molecule has 0 fully saturated rings. The molecule has 33 heavy (non-hydrogen) atoms. The first-order valence-electron chi connectivity index (χ1n) is 11.0. The van der Waals surface area contributed by atoms with Crippen LogP contribution in [0, 0.1) is 24.3 Å². The zero-order chi connectivity index (χ0) is 22.8. The van der Waals surface area contributed by atoms with Crippen LogP contribution >= 0.6 is 0 Å². The van der Waals surface area contributed by atoms with Gasteiger partial charge in [-0.25, -0.2) is 5.26 Å². The van der Waals surface area contributed by atoms with Crippen LogP contribution in [-0.2, 0) is 20.1 Å². The van der Waals surface area contributed by atoms with E-state index in [-0.39, 0.29) is 20.1 Å². The van der Waals surface area contributed by atoms with Crippen LogP contribution in [0.1, 0.15) is 61.8 Å². The van der Waals surface area contributed by atoms with Gasteiger partial charge in [-0.3, -0.25) is 0 Å². The first-order chi connectivity index (χ1) is 15.4. The maximum absolute atomic E-state index is 9.21. The fourth-order valence-electron chi connectivity index (χ4n) is 4.07. The van der Waals surface area contributed by atoms with E-state index >= 15 is 0 Å². The molecule has 0 bridgehead atoms. The molecule has 0 atom stereocenters. The molecule has 0 saturated carbocycles. The Labute approximate surface area is 209 Å². The zero-order valence-electron chi connectivity index (χ0n) is 19.6. The van der Waals surface area contributed by atoms with Gasteiger partial charge < -0.3 is 4.57 Å². The number of nitriles is 1. The number of para-hydroxylation sites is 1. The summed E-state index contributed by atoms with van der Waals surface area (Å²) in [7, 11) is 0. The van der Waals surface area contributed by atoms with Gasteiger partial charge in [-0.05, 0) is 41.0 Å². The molecule has 0 N–H and O–H groups in total. The Morgan fingerprint density at radius 2 is 1.48 bits per heavy atom. The third-order valence-corrected chi connectivity index (χ3v) is 5.80. The standard InChI is InChI=1S/C28H27N4.Ir/c1-18(2)23-11-8-12-24(19(3)4)26(23)32-27(22-15-13-21(17-29)14-16-22)30-31-28(32)25-10-7-6-9-20(25)5;/h6-15,18-19H,1-5H3;/q-1;. The SMILES string of the molecule is Cc1ccccc1-c1nnc(-c2[c-]cc(C#N)cc2)n1-c1c(C(C)C)cccc1C(C)C.[Ir]. The zero-order valence-corrected chi connectivity index (χ0v) is 21.9. The Hall–Kier alpha value is -3.06. The Kier molecular flexibility index (Phi) is 7.64. The van der Waals surface area contributed by atoms with Crippen molar-refractivity contribution in [3.63, 3.8) is 0 Å². The monoisotopic (exact) mass is 612 g/mol. The molecule has 1 aromatic heterocycles. The molecular weight excluding hydrogens is 585 g/mol. The summed E-state index contributed by atoms with van der Waals surface area (Å²) in [5, 5.41) is 18.5. The predicted octanol–water partition coefficient (Wildman–Crippen LogP) is 6.83. The number of nitrogens with zero attached hydrogens (tertiary/aromatic N) is 4. The largest absolute Gasteiger partial charge is 0.315 e. The fraction of sp³-hybridized carbons (Fsp3) is 0.250. The first kappa shape index (κ1) is 24.6. The summed E-state index contributed by atoms with van der Waals surface area (Å²) in [5.41, 5.74) is 7.21. The van der Waals surface area contributed by atoms with E-state index in [0.717, 1.165) is 34.0 Å². The van der Waals surface area contributed by atoms with Crippen LogP contribution in [0.3, 0.4) is 0 Å². The molecule has 0 spiro atoms. The van der Waals surface area contributed by atoms with Crippen molar-refractivity contribution < 1.29 is 20.1 Å². The number of hydrogen-bond acceptors (Lipinski definition) is 3. The summed E-state index contributed by atoms with van der Waals surface area (Å²) in [4.78, 5) is 0. The summed E-state index contributed by atoms with van der Waals surface area (Å²) in [6.45, 7) is 11.0. The number of hydrogen-bond donors (Lipinski definition) is 0.